The van der Waals surface area contributed by atoms with E-state index in [1.165, 1.54) is 12.1 Å². The molecule has 2 saturated carbocycles. The second-order valence-electron chi connectivity index (χ2n) is 10.7. The normalized spacial score (nSPS) is 39.2. The number of hydrogen-bond donors (Lipinski definition) is 4. The second kappa shape index (κ2) is 7.05. The fourth-order valence-corrected chi connectivity index (χ4v) is 7.19. The van der Waals surface area contributed by atoms with Crippen LogP contribution in [-0.4, -0.2) is 57.4 Å². The average Bonchev–Trinajstić information content (AvgIpc) is 3.06. The number of ether oxygens (including phenoxy) is 2. The number of amides is 1. The van der Waals surface area contributed by atoms with Crippen molar-refractivity contribution >= 4 is 23.3 Å². The smallest absolute Gasteiger partial charge is 0.341 e. The standard InChI is InChI=1S/C25H29NO8/c1-22(8-7-17(29)26-18-14(27)5-4-13(19(18)30)21(31)33-3)16(28)6-9-24-11-23(2)25(32,12-24)10-15(34-23)20(22)24/h4-6,9,15,20,27,30,32H,7-8,10-12H2,1-3H3,(H,26,29)/t15-,20-,22+,23-,24+,25-/m0/s1. The second-order valence-corrected chi connectivity index (χ2v) is 10.7. The Morgan fingerprint density at radius 2 is 1.97 bits per heavy atom. The lowest BCUT2D eigenvalue weighted by atomic mass is 9.50. The molecule has 1 spiro atoms. The number of carbonyl (C=O) groups excluding carboxylic acids is 3. The van der Waals surface area contributed by atoms with Crippen LogP contribution in [0.4, 0.5) is 5.69 Å². The minimum atomic E-state index is -0.906. The first kappa shape index (κ1) is 22.9. The van der Waals surface area contributed by atoms with Gasteiger partial charge in [0.25, 0.3) is 0 Å². The van der Waals surface area contributed by atoms with E-state index in [-0.39, 0.29) is 47.3 Å². The molecule has 2 heterocycles. The van der Waals surface area contributed by atoms with Crippen molar-refractivity contribution in [1.82, 2.24) is 0 Å². The molecule has 4 fully saturated rings. The highest BCUT2D eigenvalue weighted by Crippen LogP contribution is 2.72. The topological polar surface area (TPSA) is 142 Å². The molecular formula is C25H29NO8. The van der Waals surface area contributed by atoms with Gasteiger partial charge in [0.1, 0.15) is 17.0 Å². The van der Waals surface area contributed by atoms with Gasteiger partial charge in [-0.3, -0.25) is 9.59 Å². The van der Waals surface area contributed by atoms with Crippen LogP contribution in [0.25, 0.3) is 0 Å². The van der Waals surface area contributed by atoms with Crippen molar-refractivity contribution in [2.45, 2.75) is 63.3 Å². The lowest BCUT2D eigenvalue weighted by molar-refractivity contribution is -0.171. The number of methoxy groups -OCH3 is 1. The number of aliphatic hydroxyl groups is 1. The summed E-state index contributed by atoms with van der Waals surface area (Å²) < 4.78 is 10.9. The summed E-state index contributed by atoms with van der Waals surface area (Å²) in [5, 5.41) is 34.1. The van der Waals surface area contributed by atoms with Crippen molar-refractivity contribution in [1.29, 1.82) is 0 Å². The van der Waals surface area contributed by atoms with Crippen molar-refractivity contribution in [2.24, 2.45) is 16.7 Å². The third kappa shape index (κ3) is 2.89. The highest BCUT2D eigenvalue weighted by Gasteiger charge is 2.77. The SMILES string of the molecule is COC(=O)c1ccc(O)c(NC(=O)CC[C@]2(C)C(=O)C=C[C@]34C[C@@]5(O)C[C@H](O[C@@]5(C)C3)[C@H]42)c1O. The van der Waals surface area contributed by atoms with Crippen molar-refractivity contribution < 1.29 is 39.2 Å². The van der Waals surface area contributed by atoms with Gasteiger partial charge in [0.05, 0.1) is 24.4 Å². The zero-order chi connectivity index (χ0) is 24.7. The monoisotopic (exact) mass is 471 g/mol. The number of aromatic hydroxyl groups is 2. The Hall–Kier alpha value is -2.91. The van der Waals surface area contributed by atoms with Crippen molar-refractivity contribution in [3.8, 4) is 11.5 Å². The summed E-state index contributed by atoms with van der Waals surface area (Å²) in [4.78, 5) is 37.8. The van der Waals surface area contributed by atoms with E-state index in [1.54, 1.807) is 6.08 Å². The van der Waals surface area contributed by atoms with Gasteiger partial charge in [-0.1, -0.05) is 13.0 Å². The van der Waals surface area contributed by atoms with Gasteiger partial charge < -0.3 is 30.1 Å². The molecule has 9 heteroatoms. The first-order valence-corrected chi connectivity index (χ1v) is 11.5. The minimum Gasteiger partial charge on any atom is -0.506 e. The lowest BCUT2D eigenvalue weighted by Gasteiger charge is -2.55. The zero-order valence-electron chi connectivity index (χ0n) is 19.4. The third-order valence-corrected chi connectivity index (χ3v) is 8.73. The van der Waals surface area contributed by atoms with Gasteiger partial charge in [-0.25, -0.2) is 4.79 Å². The summed E-state index contributed by atoms with van der Waals surface area (Å²) in [5.41, 5.74) is -3.25. The van der Waals surface area contributed by atoms with E-state index in [4.69, 9.17) is 4.74 Å². The fraction of sp³-hybridized carbons (Fsp3) is 0.560. The van der Waals surface area contributed by atoms with Crippen LogP contribution in [0.15, 0.2) is 24.3 Å². The molecule has 4 N–H and O–H groups in total. The van der Waals surface area contributed by atoms with Crippen LogP contribution in [0.3, 0.4) is 0 Å². The van der Waals surface area contributed by atoms with E-state index in [2.05, 4.69) is 10.1 Å². The fourth-order valence-electron chi connectivity index (χ4n) is 7.19. The number of ketones is 1. The van der Waals surface area contributed by atoms with E-state index in [1.807, 2.05) is 19.9 Å². The number of nitrogens with one attached hydrogen (secondary N) is 1. The van der Waals surface area contributed by atoms with Crippen LogP contribution in [0.5, 0.6) is 11.5 Å². The molecule has 6 atom stereocenters. The molecule has 1 aromatic rings. The summed E-state index contributed by atoms with van der Waals surface area (Å²) in [5.74, 6) is -2.58. The van der Waals surface area contributed by atoms with Crippen LogP contribution in [0, 0.1) is 16.7 Å². The number of carbonyl (C=O) groups is 3. The van der Waals surface area contributed by atoms with E-state index in [0.29, 0.717) is 19.3 Å². The maximum atomic E-state index is 13.1. The summed E-state index contributed by atoms with van der Waals surface area (Å²) in [7, 11) is 1.15. The number of phenols is 2. The largest absolute Gasteiger partial charge is 0.506 e. The number of benzene rings is 1. The predicted molar refractivity (Wildman–Crippen MR) is 119 cm³/mol. The van der Waals surface area contributed by atoms with Crippen molar-refractivity contribution in [2.75, 3.05) is 12.4 Å². The van der Waals surface area contributed by atoms with Gasteiger partial charge in [0.15, 0.2) is 11.5 Å². The van der Waals surface area contributed by atoms with Gasteiger partial charge in [0.2, 0.25) is 5.91 Å². The quantitative estimate of drug-likeness (QED) is 0.379. The average molecular weight is 472 g/mol. The molecule has 1 aromatic carbocycles. The lowest BCUT2D eigenvalue weighted by Crippen LogP contribution is -2.56. The zero-order valence-corrected chi connectivity index (χ0v) is 19.4. The molecule has 9 nitrogen and oxygen atoms in total. The maximum Gasteiger partial charge on any atom is 0.341 e. The molecule has 34 heavy (non-hydrogen) atoms. The molecular weight excluding hydrogens is 442 g/mol. The Balaban J connectivity index is 1.36. The van der Waals surface area contributed by atoms with Gasteiger partial charge in [-0.05, 0) is 44.4 Å². The van der Waals surface area contributed by atoms with Crippen molar-refractivity contribution in [3.63, 3.8) is 0 Å². The van der Waals surface area contributed by atoms with Gasteiger partial charge >= 0.3 is 5.97 Å². The van der Waals surface area contributed by atoms with Crippen LogP contribution in [0.1, 0.15) is 56.3 Å². The molecule has 182 valence electrons. The Kier molecular flexibility index (Phi) is 4.74. The highest BCUT2D eigenvalue weighted by atomic mass is 16.5. The van der Waals surface area contributed by atoms with E-state index in [9.17, 15) is 29.7 Å². The van der Waals surface area contributed by atoms with Crippen molar-refractivity contribution in [3.05, 3.63) is 29.8 Å². The van der Waals surface area contributed by atoms with Crippen LogP contribution in [0.2, 0.25) is 0 Å². The Morgan fingerprint density at radius 3 is 2.65 bits per heavy atom. The van der Waals surface area contributed by atoms with E-state index >= 15 is 0 Å². The van der Waals surface area contributed by atoms with Gasteiger partial charge in [-0.15, -0.1) is 0 Å². The Morgan fingerprint density at radius 1 is 1.24 bits per heavy atom. The van der Waals surface area contributed by atoms with Crippen LogP contribution >= 0.6 is 0 Å². The molecule has 0 aromatic heterocycles. The molecule has 3 aliphatic carbocycles. The summed E-state index contributed by atoms with van der Waals surface area (Å²) in [6.45, 7) is 3.79. The molecule has 2 saturated heterocycles. The molecule has 0 radical (unpaired) electrons. The predicted octanol–water partition coefficient (Wildman–Crippen LogP) is 2.44. The molecule has 5 aliphatic rings. The minimum absolute atomic E-state index is 0.0573. The van der Waals surface area contributed by atoms with Gasteiger partial charge in [0, 0.05) is 29.6 Å². The molecule has 1 amide bonds. The summed E-state index contributed by atoms with van der Waals surface area (Å²) >= 11 is 0. The number of hydrogen-bond acceptors (Lipinski definition) is 8. The van der Waals surface area contributed by atoms with E-state index < -0.39 is 40.0 Å². The van der Waals surface area contributed by atoms with Crippen LogP contribution < -0.4 is 5.32 Å². The first-order chi connectivity index (χ1) is 15.9. The summed E-state index contributed by atoms with van der Waals surface area (Å²) in [6.07, 6.45) is 5.06. The number of anilines is 1. The van der Waals surface area contributed by atoms with Crippen LogP contribution in [-0.2, 0) is 19.1 Å². The molecule has 0 unspecified atom stereocenters. The maximum absolute atomic E-state index is 13.1. The number of rotatable bonds is 5. The number of phenolic OH excluding ortho intramolecular Hbond substituents is 2. The Bertz CT molecular complexity index is 1120. The van der Waals surface area contributed by atoms with E-state index in [0.717, 1.165) is 7.11 Å². The third-order valence-electron chi connectivity index (χ3n) is 8.73. The first-order valence-electron chi connectivity index (χ1n) is 11.5. The highest BCUT2D eigenvalue weighted by molar-refractivity contribution is 6.01. The Labute approximate surface area is 196 Å². The van der Waals surface area contributed by atoms with Gasteiger partial charge in [-0.2, -0.15) is 0 Å². The molecule has 6 rings (SSSR count). The number of allylic oxidation sites excluding steroid dienone is 2. The molecule has 2 aliphatic heterocycles. The molecule has 4 bridgehead atoms. The summed E-state index contributed by atoms with van der Waals surface area (Å²) in [6, 6.07) is 2.37. The number of esters is 1.